The van der Waals surface area contributed by atoms with E-state index < -0.39 is 0 Å². The van der Waals surface area contributed by atoms with Crippen LogP contribution in [0.5, 0.6) is 0 Å². The lowest BCUT2D eigenvalue weighted by Gasteiger charge is -2.04. The van der Waals surface area contributed by atoms with Gasteiger partial charge in [-0.25, -0.2) is 9.67 Å². The molecular weight excluding hydrogens is 363 g/mol. The lowest BCUT2D eigenvalue weighted by atomic mass is 10.2. The zero-order valence-electron chi connectivity index (χ0n) is 13.7. The first-order valence-electron chi connectivity index (χ1n) is 7.55. The molecule has 0 saturated heterocycles. The Labute approximate surface area is 154 Å². The summed E-state index contributed by atoms with van der Waals surface area (Å²) in [6, 6.07) is 7.48. The van der Waals surface area contributed by atoms with Gasteiger partial charge in [0.25, 0.3) is 0 Å². The van der Waals surface area contributed by atoms with Crippen LogP contribution in [0.3, 0.4) is 0 Å². The second-order valence-electron chi connectivity index (χ2n) is 5.59. The minimum absolute atomic E-state index is 0.0439. The third-order valence-electron chi connectivity index (χ3n) is 3.61. The number of amides is 1. The highest BCUT2D eigenvalue weighted by Gasteiger charge is 2.13. The highest BCUT2D eigenvalue weighted by molar-refractivity contribution is 6.31. The lowest BCUT2D eigenvalue weighted by Crippen LogP contribution is -2.21. The average molecular weight is 379 g/mol. The van der Waals surface area contributed by atoms with Crippen LogP contribution in [0.15, 0.2) is 30.6 Å². The van der Waals surface area contributed by atoms with Crippen molar-refractivity contribution in [2.24, 2.45) is 0 Å². The zero-order valence-corrected chi connectivity index (χ0v) is 15.2. The Bertz CT molecular complexity index is 917. The van der Waals surface area contributed by atoms with Gasteiger partial charge in [0.05, 0.1) is 23.0 Å². The van der Waals surface area contributed by atoms with Crippen molar-refractivity contribution in [2.75, 3.05) is 5.32 Å². The quantitative estimate of drug-likeness (QED) is 0.739. The standard InChI is InChI=1S/C16H16Cl2N6O/c1-10-15(18)11(2)24(21-10)8-14(25)20-16-19-9-23(22-16)7-12-4-3-5-13(17)6-12/h3-6,9H,7-8H2,1-2H3,(H,20,22,25). The van der Waals surface area contributed by atoms with E-state index in [9.17, 15) is 4.79 Å². The second kappa shape index (κ2) is 7.25. The minimum atomic E-state index is -0.275. The predicted octanol–water partition coefficient (Wildman–Crippen LogP) is 3.09. The van der Waals surface area contributed by atoms with Crippen LogP contribution >= 0.6 is 23.2 Å². The molecule has 1 N–H and O–H groups in total. The smallest absolute Gasteiger partial charge is 0.248 e. The fourth-order valence-electron chi connectivity index (χ4n) is 2.38. The Morgan fingerprint density at radius 2 is 2.04 bits per heavy atom. The number of anilines is 1. The van der Waals surface area contributed by atoms with Crippen molar-refractivity contribution in [3.8, 4) is 0 Å². The van der Waals surface area contributed by atoms with E-state index in [0.29, 0.717) is 22.3 Å². The van der Waals surface area contributed by atoms with Gasteiger partial charge in [-0.2, -0.15) is 5.10 Å². The molecule has 1 amide bonds. The van der Waals surface area contributed by atoms with E-state index in [1.807, 2.05) is 31.2 Å². The number of halogens is 2. The molecule has 0 atom stereocenters. The average Bonchev–Trinajstić information content (AvgIpc) is 3.08. The molecule has 0 saturated carbocycles. The molecule has 9 heteroatoms. The number of aryl methyl sites for hydroxylation is 1. The number of carbonyl (C=O) groups is 1. The van der Waals surface area contributed by atoms with Crippen molar-refractivity contribution in [2.45, 2.75) is 26.9 Å². The van der Waals surface area contributed by atoms with Gasteiger partial charge >= 0.3 is 0 Å². The molecule has 0 spiro atoms. The number of nitrogens with one attached hydrogen (secondary N) is 1. The molecule has 2 heterocycles. The maximum absolute atomic E-state index is 12.1. The number of carbonyl (C=O) groups excluding carboxylic acids is 1. The van der Waals surface area contributed by atoms with Crippen molar-refractivity contribution < 1.29 is 4.79 Å². The molecule has 130 valence electrons. The van der Waals surface area contributed by atoms with Crippen LogP contribution in [0.1, 0.15) is 17.0 Å². The van der Waals surface area contributed by atoms with Crippen LogP contribution in [0.2, 0.25) is 10.0 Å². The first kappa shape index (κ1) is 17.4. The summed E-state index contributed by atoms with van der Waals surface area (Å²) >= 11 is 12.0. The summed E-state index contributed by atoms with van der Waals surface area (Å²) in [6.07, 6.45) is 1.55. The van der Waals surface area contributed by atoms with Crippen molar-refractivity contribution in [1.82, 2.24) is 24.5 Å². The first-order chi connectivity index (χ1) is 11.9. The van der Waals surface area contributed by atoms with Crippen molar-refractivity contribution in [3.05, 3.63) is 57.6 Å². The molecule has 0 unspecified atom stereocenters. The molecular formula is C16H16Cl2N6O. The van der Waals surface area contributed by atoms with Gasteiger partial charge in [0.1, 0.15) is 12.9 Å². The van der Waals surface area contributed by atoms with Crippen molar-refractivity contribution >= 4 is 35.1 Å². The van der Waals surface area contributed by atoms with E-state index in [4.69, 9.17) is 23.2 Å². The van der Waals surface area contributed by atoms with Crippen LogP contribution in [0.25, 0.3) is 0 Å². The predicted molar refractivity (Wildman–Crippen MR) is 95.9 cm³/mol. The van der Waals surface area contributed by atoms with Gasteiger partial charge in [-0.3, -0.25) is 14.8 Å². The highest BCUT2D eigenvalue weighted by atomic mass is 35.5. The zero-order chi connectivity index (χ0) is 18.0. The number of hydrogen-bond acceptors (Lipinski definition) is 4. The van der Waals surface area contributed by atoms with E-state index in [1.54, 1.807) is 22.6 Å². The number of rotatable bonds is 5. The summed E-state index contributed by atoms with van der Waals surface area (Å²) in [4.78, 5) is 16.2. The van der Waals surface area contributed by atoms with Gasteiger partial charge in [0.15, 0.2) is 0 Å². The topological polar surface area (TPSA) is 77.6 Å². The maximum atomic E-state index is 12.1. The largest absolute Gasteiger partial charge is 0.292 e. The van der Waals surface area contributed by atoms with Crippen molar-refractivity contribution in [3.63, 3.8) is 0 Å². The van der Waals surface area contributed by atoms with Crippen LogP contribution in [0, 0.1) is 13.8 Å². The number of benzene rings is 1. The number of hydrogen-bond donors (Lipinski definition) is 1. The molecule has 3 aromatic rings. The maximum Gasteiger partial charge on any atom is 0.248 e. The van der Waals surface area contributed by atoms with E-state index in [0.717, 1.165) is 11.3 Å². The minimum Gasteiger partial charge on any atom is -0.292 e. The Kier molecular flexibility index (Phi) is 5.06. The van der Waals surface area contributed by atoms with Crippen molar-refractivity contribution in [1.29, 1.82) is 0 Å². The van der Waals surface area contributed by atoms with Gasteiger partial charge in [0.2, 0.25) is 11.9 Å². The van der Waals surface area contributed by atoms with E-state index in [2.05, 4.69) is 20.5 Å². The summed E-state index contributed by atoms with van der Waals surface area (Å²) in [5.74, 6) is -0.0394. The summed E-state index contributed by atoms with van der Waals surface area (Å²) in [5, 5.41) is 12.3. The number of aromatic nitrogens is 5. The monoisotopic (exact) mass is 378 g/mol. The Morgan fingerprint density at radius 3 is 2.72 bits per heavy atom. The Morgan fingerprint density at radius 1 is 1.24 bits per heavy atom. The van der Waals surface area contributed by atoms with Gasteiger partial charge in [-0.1, -0.05) is 35.3 Å². The normalized spacial score (nSPS) is 10.9. The number of nitrogens with zero attached hydrogens (tertiary/aromatic N) is 5. The third-order valence-corrected chi connectivity index (χ3v) is 4.39. The fraction of sp³-hybridized carbons (Fsp3) is 0.250. The SMILES string of the molecule is Cc1nn(CC(=O)Nc2ncn(Cc3cccc(Cl)c3)n2)c(C)c1Cl. The van der Waals surface area contributed by atoms with Crippen LogP contribution in [-0.4, -0.2) is 30.5 Å². The van der Waals surface area contributed by atoms with Gasteiger partial charge in [-0.05, 0) is 31.5 Å². The van der Waals surface area contributed by atoms with E-state index in [-0.39, 0.29) is 18.4 Å². The summed E-state index contributed by atoms with van der Waals surface area (Å²) in [6.45, 7) is 4.16. The molecule has 1 aromatic carbocycles. The Balaban J connectivity index is 1.62. The van der Waals surface area contributed by atoms with Crippen LogP contribution in [0.4, 0.5) is 5.95 Å². The molecule has 7 nitrogen and oxygen atoms in total. The van der Waals surface area contributed by atoms with E-state index in [1.165, 1.54) is 0 Å². The van der Waals surface area contributed by atoms with Crippen LogP contribution in [-0.2, 0) is 17.9 Å². The second-order valence-corrected chi connectivity index (χ2v) is 6.40. The van der Waals surface area contributed by atoms with E-state index >= 15 is 0 Å². The van der Waals surface area contributed by atoms with Crippen LogP contribution < -0.4 is 5.32 Å². The third kappa shape index (κ3) is 4.18. The summed E-state index contributed by atoms with van der Waals surface area (Å²) in [5.41, 5.74) is 2.43. The molecule has 0 radical (unpaired) electrons. The lowest BCUT2D eigenvalue weighted by molar-refractivity contribution is -0.117. The molecule has 0 aliphatic rings. The molecule has 0 bridgehead atoms. The first-order valence-corrected chi connectivity index (χ1v) is 8.31. The fourth-order valence-corrected chi connectivity index (χ4v) is 2.73. The molecule has 0 aliphatic heterocycles. The molecule has 0 aliphatic carbocycles. The Hall–Kier alpha value is -2.38. The van der Waals surface area contributed by atoms with Gasteiger partial charge in [0, 0.05) is 5.02 Å². The molecule has 0 fully saturated rings. The molecule has 25 heavy (non-hydrogen) atoms. The highest BCUT2D eigenvalue weighted by Crippen LogP contribution is 2.18. The van der Waals surface area contributed by atoms with Gasteiger partial charge in [-0.15, -0.1) is 5.10 Å². The summed E-state index contributed by atoms with van der Waals surface area (Å²) < 4.78 is 3.18. The summed E-state index contributed by atoms with van der Waals surface area (Å²) in [7, 11) is 0. The molecule has 2 aromatic heterocycles. The van der Waals surface area contributed by atoms with Gasteiger partial charge < -0.3 is 0 Å². The molecule has 3 rings (SSSR count).